The predicted molar refractivity (Wildman–Crippen MR) is 90.9 cm³/mol. The fraction of sp³-hybridized carbons (Fsp3) is 0.667. The molecule has 1 fully saturated rings. The SMILES string of the molecule is CC1Cc2c(c(Br)c3c(c2C2(CN)CCCC2)OC(C)C3)O1. The molecule has 2 heterocycles. The van der Waals surface area contributed by atoms with Crippen LogP contribution in [0.4, 0.5) is 0 Å². The van der Waals surface area contributed by atoms with Crippen molar-refractivity contribution >= 4 is 15.9 Å². The Bertz CT molecular complexity index is 583. The van der Waals surface area contributed by atoms with Gasteiger partial charge in [0, 0.05) is 41.5 Å². The number of nitrogens with two attached hydrogens (primary N) is 1. The molecular formula is C18H24BrNO2. The van der Waals surface area contributed by atoms with Gasteiger partial charge in [0.05, 0.1) is 4.47 Å². The Balaban J connectivity index is 1.98. The molecule has 4 heteroatoms. The molecule has 1 aliphatic carbocycles. The van der Waals surface area contributed by atoms with E-state index in [2.05, 4.69) is 29.8 Å². The molecule has 3 nitrogen and oxygen atoms in total. The fourth-order valence-corrected chi connectivity index (χ4v) is 5.30. The summed E-state index contributed by atoms with van der Waals surface area (Å²) in [5.41, 5.74) is 10.4. The van der Waals surface area contributed by atoms with Crippen LogP contribution in [0.25, 0.3) is 0 Å². The van der Waals surface area contributed by atoms with Crippen molar-refractivity contribution in [2.24, 2.45) is 5.73 Å². The number of fused-ring (bicyclic) bond motifs is 2. The molecule has 4 rings (SSSR count). The molecule has 0 spiro atoms. The van der Waals surface area contributed by atoms with Crippen LogP contribution in [0, 0.1) is 0 Å². The number of rotatable bonds is 2. The second-order valence-electron chi connectivity index (χ2n) is 7.26. The van der Waals surface area contributed by atoms with Gasteiger partial charge in [0.1, 0.15) is 23.7 Å². The van der Waals surface area contributed by atoms with Gasteiger partial charge in [-0.25, -0.2) is 0 Å². The maximum atomic E-state index is 6.29. The molecule has 2 N–H and O–H groups in total. The summed E-state index contributed by atoms with van der Waals surface area (Å²) >= 11 is 3.78. The van der Waals surface area contributed by atoms with Crippen molar-refractivity contribution < 1.29 is 9.47 Å². The molecule has 3 aliphatic rings. The molecule has 2 aliphatic heterocycles. The molecule has 0 radical (unpaired) electrons. The van der Waals surface area contributed by atoms with E-state index in [-0.39, 0.29) is 17.6 Å². The van der Waals surface area contributed by atoms with Gasteiger partial charge in [0.25, 0.3) is 0 Å². The Hall–Kier alpha value is -0.740. The molecule has 2 unspecified atom stereocenters. The summed E-state index contributed by atoms with van der Waals surface area (Å²) in [6.45, 7) is 5.00. The first-order valence-corrected chi connectivity index (χ1v) is 9.26. The van der Waals surface area contributed by atoms with Gasteiger partial charge in [-0.1, -0.05) is 12.8 Å². The van der Waals surface area contributed by atoms with E-state index in [0.717, 1.165) is 28.8 Å². The first-order valence-electron chi connectivity index (χ1n) is 8.47. The van der Waals surface area contributed by atoms with Gasteiger partial charge in [0.15, 0.2) is 0 Å². The minimum Gasteiger partial charge on any atom is -0.490 e. The number of hydrogen-bond acceptors (Lipinski definition) is 3. The van der Waals surface area contributed by atoms with Gasteiger partial charge >= 0.3 is 0 Å². The zero-order valence-electron chi connectivity index (χ0n) is 13.4. The Morgan fingerprint density at radius 1 is 1.05 bits per heavy atom. The van der Waals surface area contributed by atoms with Crippen molar-refractivity contribution in [1.29, 1.82) is 0 Å². The molecular weight excluding hydrogens is 342 g/mol. The average molecular weight is 366 g/mol. The van der Waals surface area contributed by atoms with Gasteiger partial charge < -0.3 is 15.2 Å². The third-order valence-electron chi connectivity index (χ3n) is 5.64. The second-order valence-corrected chi connectivity index (χ2v) is 8.05. The van der Waals surface area contributed by atoms with Gasteiger partial charge in [0.2, 0.25) is 0 Å². The highest BCUT2D eigenvalue weighted by molar-refractivity contribution is 9.10. The first kappa shape index (κ1) is 14.8. The summed E-state index contributed by atoms with van der Waals surface area (Å²) in [5, 5.41) is 0. The van der Waals surface area contributed by atoms with E-state index >= 15 is 0 Å². The number of benzene rings is 1. The van der Waals surface area contributed by atoms with E-state index in [0.29, 0.717) is 6.54 Å². The number of halogens is 1. The molecule has 1 saturated carbocycles. The monoisotopic (exact) mass is 365 g/mol. The van der Waals surface area contributed by atoms with E-state index in [4.69, 9.17) is 15.2 Å². The lowest BCUT2D eigenvalue weighted by Gasteiger charge is -2.32. The minimum absolute atomic E-state index is 0.0896. The average Bonchev–Trinajstić information content (AvgIpc) is 3.18. The molecule has 0 saturated heterocycles. The second kappa shape index (κ2) is 5.13. The van der Waals surface area contributed by atoms with Crippen LogP contribution in [0.1, 0.15) is 56.2 Å². The van der Waals surface area contributed by atoms with Crippen LogP contribution in [-0.4, -0.2) is 18.8 Å². The van der Waals surface area contributed by atoms with Crippen LogP contribution in [0.2, 0.25) is 0 Å². The molecule has 0 aromatic heterocycles. The topological polar surface area (TPSA) is 44.5 Å². The highest BCUT2D eigenvalue weighted by atomic mass is 79.9. The highest BCUT2D eigenvalue weighted by Crippen LogP contribution is 2.55. The highest BCUT2D eigenvalue weighted by Gasteiger charge is 2.44. The summed E-state index contributed by atoms with van der Waals surface area (Å²) in [4.78, 5) is 0. The zero-order chi connectivity index (χ0) is 15.5. The summed E-state index contributed by atoms with van der Waals surface area (Å²) < 4.78 is 13.5. The summed E-state index contributed by atoms with van der Waals surface area (Å²) in [5.74, 6) is 2.17. The Kier molecular flexibility index (Phi) is 3.46. The summed E-state index contributed by atoms with van der Waals surface area (Å²) in [7, 11) is 0. The Labute approximate surface area is 140 Å². The van der Waals surface area contributed by atoms with Crippen molar-refractivity contribution in [2.75, 3.05) is 6.54 Å². The van der Waals surface area contributed by atoms with Crippen LogP contribution in [0.5, 0.6) is 11.5 Å². The summed E-state index contributed by atoms with van der Waals surface area (Å²) in [6.07, 6.45) is 7.28. The largest absolute Gasteiger partial charge is 0.490 e. The molecule has 22 heavy (non-hydrogen) atoms. The Morgan fingerprint density at radius 3 is 2.27 bits per heavy atom. The molecule has 0 amide bonds. The van der Waals surface area contributed by atoms with Crippen molar-refractivity contribution in [3.63, 3.8) is 0 Å². The maximum Gasteiger partial charge on any atom is 0.138 e. The number of hydrogen-bond donors (Lipinski definition) is 1. The molecule has 1 aromatic rings. The molecule has 1 aromatic carbocycles. The smallest absolute Gasteiger partial charge is 0.138 e. The minimum atomic E-state index is 0.0896. The lowest BCUT2D eigenvalue weighted by molar-refractivity contribution is 0.246. The van der Waals surface area contributed by atoms with Crippen molar-refractivity contribution in [3.8, 4) is 11.5 Å². The normalized spacial score (nSPS) is 28.2. The first-order chi connectivity index (χ1) is 10.6. The third-order valence-corrected chi connectivity index (χ3v) is 6.48. The third kappa shape index (κ3) is 1.96. The van der Waals surface area contributed by atoms with E-state index < -0.39 is 0 Å². The Morgan fingerprint density at radius 2 is 1.64 bits per heavy atom. The van der Waals surface area contributed by atoms with E-state index in [1.54, 1.807) is 0 Å². The van der Waals surface area contributed by atoms with Crippen LogP contribution in [0.3, 0.4) is 0 Å². The predicted octanol–water partition coefficient (Wildman–Crippen LogP) is 3.87. The van der Waals surface area contributed by atoms with Gasteiger partial charge in [-0.2, -0.15) is 0 Å². The quantitative estimate of drug-likeness (QED) is 0.864. The number of ether oxygens (including phenoxy) is 2. The maximum absolute atomic E-state index is 6.29. The molecule has 120 valence electrons. The zero-order valence-corrected chi connectivity index (χ0v) is 15.0. The van der Waals surface area contributed by atoms with Crippen LogP contribution in [-0.2, 0) is 18.3 Å². The van der Waals surface area contributed by atoms with Gasteiger partial charge in [-0.3, -0.25) is 0 Å². The van der Waals surface area contributed by atoms with Crippen LogP contribution >= 0.6 is 15.9 Å². The molecule has 2 atom stereocenters. The lowest BCUT2D eigenvalue weighted by atomic mass is 9.74. The summed E-state index contributed by atoms with van der Waals surface area (Å²) in [6, 6.07) is 0. The standard InChI is InChI=1S/C18H24BrNO2/c1-10-7-12-14(18(9-20)5-3-4-6-18)16-13(8-11(2)21-16)15(19)17(12)22-10/h10-11H,3-9,20H2,1-2H3. The van der Waals surface area contributed by atoms with Crippen molar-refractivity contribution in [3.05, 3.63) is 21.2 Å². The fourth-order valence-electron chi connectivity index (χ4n) is 4.63. The van der Waals surface area contributed by atoms with Gasteiger partial charge in [-0.05, 0) is 42.6 Å². The van der Waals surface area contributed by atoms with E-state index in [1.165, 1.54) is 42.4 Å². The van der Waals surface area contributed by atoms with Gasteiger partial charge in [-0.15, -0.1) is 0 Å². The van der Waals surface area contributed by atoms with Crippen LogP contribution in [0.15, 0.2) is 4.47 Å². The van der Waals surface area contributed by atoms with E-state index in [1.807, 2.05) is 0 Å². The van der Waals surface area contributed by atoms with Crippen molar-refractivity contribution in [2.45, 2.75) is 70.0 Å². The molecule has 0 bridgehead atoms. The van der Waals surface area contributed by atoms with Crippen LogP contribution < -0.4 is 15.2 Å². The van der Waals surface area contributed by atoms with Crippen molar-refractivity contribution in [1.82, 2.24) is 0 Å². The lowest BCUT2D eigenvalue weighted by Crippen LogP contribution is -2.33. The van der Waals surface area contributed by atoms with E-state index in [9.17, 15) is 0 Å².